The number of anilines is 2. The minimum absolute atomic E-state index is 0.308. The maximum atomic E-state index is 8.72. The molecule has 0 unspecified atom stereocenters. The Hall–Kier alpha value is -1.83. The molecule has 0 spiro atoms. The molecule has 5 nitrogen and oxygen atoms in total. The molecule has 0 amide bonds. The number of aryl methyl sites for hydroxylation is 1. The van der Waals surface area contributed by atoms with E-state index in [0.29, 0.717) is 19.0 Å². The molecule has 0 aromatic carbocycles. The minimum Gasteiger partial charge on any atom is -0.370 e. The number of nitrogens with one attached hydrogen (secondary N) is 1. The summed E-state index contributed by atoms with van der Waals surface area (Å²) in [7, 11) is 0. The van der Waals surface area contributed by atoms with Crippen LogP contribution in [-0.4, -0.2) is 29.1 Å². The molecule has 1 heterocycles. The van der Waals surface area contributed by atoms with Crippen molar-refractivity contribution >= 4 is 11.6 Å². The van der Waals surface area contributed by atoms with Gasteiger partial charge >= 0.3 is 0 Å². The molecule has 0 bridgehead atoms. The molecule has 18 heavy (non-hydrogen) atoms. The van der Waals surface area contributed by atoms with Crippen LogP contribution in [0.5, 0.6) is 0 Å². The van der Waals surface area contributed by atoms with Gasteiger partial charge in [-0.2, -0.15) is 5.26 Å². The van der Waals surface area contributed by atoms with E-state index in [1.165, 1.54) is 0 Å². The van der Waals surface area contributed by atoms with E-state index in [0.717, 1.165) is 24.0 Å². The predicted molar refractivity (Wildman–Crippen MR) is 73.6 cm³/mol. The van der Waals surface area contributed by atoms with Gasteiger partial charge in [0.2, 0.25) is 0 Å². The smallest absolute Gasteiger partial charge is 0.134 e. The molecule has 0 fully saturated rings. The van der Waals surface area contributed by atoms with Crippen LogP contribution in [0, 0.1) is 18.3 Å². The van der Waals surface area contributed by atoms with Gasteiger partial charge < -0.3 is 10.2 Å². The lowest BCUT2D eigenvalue weighted by molar-refractivity contribution is 0.674. The molecule has 98 valence electrons. The van der Waals surface area contributed by atoms with Crippen molar-refractivity contribution in [3.8, 4) is 6.07 Å². The summed E-state index contributed by atoms with van der Waals surface area (Å²) in [6, 6.07) is 4.42. The van der Waals surface area contributed by atoms with Gasteiger partial charge in [-0.25, -0.2) is 9.97 Å². The van der Waals surface area contributed by atoms with Gasteiger partial charge in [0, 0.05) is 25.2 Å². The Kier molecular flexibility index (Phi) is 5.37. The topological polar surface area (TPSA) is 64.8 Å². The third-order valence-corrected chi connectivity index (χ3v) is 2.56. The van der Waals surface area contributed by atoms with E-state index in [1.54, 1.807) is 0 Å². The van der Waals surface area contributed by atoms with E-state index >= 15 is 0 Å². The van der Waals surface area contributed by atoms with Crippen LogP contribution in [0.2, 0.25) is 0 Å². The van der Waals surface area contributed by atoms with Gasteiger partial charge in [0.25, 0.3) is 0 Å². The van der Waals surface area contributed by atoms with Crippen LogP contribution in [0.25, 0.3) is 0 Å². The zero-order valence-electron chi connectivity index (χ0n) is 11.6. The van der Waals surface area contributed by atoms with Crippen molar-refractivity contribution < 1.29 is 0 Å². The van der Waals surface area contributed by atoms with E-state index in [-0.39, 0.29) is 0 Å². The average Bonchev–Trinajstić information content (AvgIpc) is 2.28. The van der Waals surface area contributed by atoms with Gasteiger partial charge in [-0.3, -0.25) is 0 Å². The van der Waals surface area contributed by atoms with Crippen molar-refractivity contribution in [2.75, 3.05) is 23.3 Å². The summed E-state index contributed by atoms with van der Waals surface area (Å²) < 4.78 is 0. The number of hydrogen-bond donors (Lipinski definition) is 1. The van der Waals surface area contributed by atoms with Crippen molar-refractivity contribution in [1.82, 2.24) is 9.97 Å². The number of aromatic nitrogens is 2. The zero-order valence-corrected chi connectivity index (χ0v) is 11.6. The summed E-state index contributed by atoms with van der Waals surface area (Å²) in [5.41, 5.74) is 0. The van der Waals surface area contributed by atoms with Crippen molar-refractivity contribution in [2.24, 2.45) is 0 Å². The van der Waals surface area contributed by atoms with Crippen LogP contribution >= 0.6 is 0 Å². The lowest BCUT2D eigenvalue weighted by atomic mass is 10.3. The molecular weight excluding hydrogens is 226 g/mol. The summed E-state index contributed by atoms with van der Waals surface area (Å²) in [6.45, 7) is 9.63. The summed E-state index contributed by atoms with van der Waals surface area (Å²) >= 11 is 0. The monoisotopic (exact) mass is 247 g/mol. The highest BCUT2D eigenvalue weighted by Crippen LogP contribution is 2.18. The molecular formula is C13H21N5. The first-order valence-corrected chi connectivity index (χ1v) is 6.31. The van der Waals surface area contributed by atoms with Gasteiger partial charge in [-0.15, -0.1) is 0 Å². The van der Waals surface area contributed by atoms with Gasteiger partial charge in [0.15, 0.2) is 0 Å². The Labute approximate surface area is 109 Å². The lowest BCUT2D eigenvalue weighted by Gasteiger charge is -2.27. The van der Waals surface area contributed by atoms with E-state index in [1.807, 2.05) is 19.9 Å². The quantitative estimate of drug-likeness (QED) is 0.836. The summed E-state index contributed by atoms with van der Waals surface area (Å²) in [5.74, 6) is 2.46. The van der Waals surface area contributed by atoms with Gasteiger partial charge in [-0.1, -0.05) is 0 Å². The highest BCUT2D eigenvalue weighted by molar-refractivity contribution is 5.50. The van der Waals surface area contributed by atoms with Gasteiger partial charge in [0.05, 0.1) is 12.5 Å². The Balaban J connectivity index is 3.00. The molecule has 0 radical (unpaired) electrons. The molecule has 1 rings (SSSR count). The van der Waals surface area contributed by atoms with Crippen LogP contribution in [0.4, 0.5) is 11.6 Å². The van der Waals surface area contributed by atoms with Crippen molar-refractivity contribution in [1.29, 1.82) is 5.26 Å². The summed E-state index contributed by atoms with van der Waals surface area (Å²) in [6.07, 6.45) is 0.498. The summed E-state index contributed by atoms with van der Waals surface area (Å²) in [5, 5.41) is 11.9. The Morgan fingerprint density at radius 2 is 2.17 bits per heavy atom. The predicted octanol–water partition coefficient (Wildman–Crippen LogP) is 2.35. The molecule has 0 saturated carbocycles. The summed E-state index contributed by atoms with van der Waals surface area (Å²) in [4.78, 5) is 10.9. The molecule has 0 atom stereocenters. The molecule has 5 heteroatoms. The highest BCUT2D eigenvalue weighted by Gasteiger charge is 2.13. The fraction of sp³-hybridized carbons (Fsp3) is 0.615. The first kappa shape index (κ1) is 14.2. The zero-order chi connectivity index (χ0) is 13.5. The SMILES string of the molecule is CCNc1cc(N(CCC#N)C(C)C)nc(C)n1. The second-order valence-corrected chi connectivity index (χ2v) is 4.38. The molecule has 0 aliphatic rings. The van der Waals surface area contributed by atoms with E-state index in [4.69, 9.17) is 5.26 Å². The second-order valence-electron chi connectivity index (χ2n) is 4.38. The van der Waals surface area contributed by atoms with Crippen molar-refractivity contribution in [2.45, 2.75) is 40.2 Å². The standard InChI is InChI=1S/C13H21N5/c1-5-15-12-9-13(17-11(4)16-12)18(10(2)3)8-6-7-14/h9-10H,5-6,8H2,1-4H3,(H,15,16,17). The van der Waals surface area contributed by atoms with Crippen LogP contribution < -0.4 is 10.2 Å². The first-order chi connectivity index (χ1) is 8.58. The fourth-order valence-corrected chi connectivity index (χ4v) is 1.78. The lowest BCUT2D eigenvalue weighted by Crippen LogP contribution is -2.32. The van der Waals surface area contributed by atoms with Crippen molar-refractivity contribution in [3.05, 3.63) is 11.9 Å². The maximum absolute atomic E-state index is 8.72. The normalized spacial score (nSPS) is 10.2. The third kappa shape index (κ3) is 3.88. The van der Waals surface area contributed by atoms with Crippen molar-refractivity contribution in [3.63, 3.8) is 0 Å². The van der Waals surface area contributed by atoms with Crippen LogP contribution in [0.1, 0.15) is 33.0 Å². The van der Waals surface area contributed by atoms with Gasteiger partial charge in [0.1, 0.15) is 17.5 Å². The number of hydrogen-bond acceptors (Lipinski definition) is 5. The van der Waals surface area contributed by atoms with Crippen LogP contribution in [0.15, 0.2) is 6.07 Å². The number of nitrogens with zero attached hydrogens (tertiary/aromatic N) is 4. The molecule has 0 saturated heterocycles. The highest BCUT2D eigenvalue weighted by atomic mass is 15.2. The number of rotatable bonds is 6. The molecule has 0 aliphatic heterocycles. The van der Waals surface area contributed by atoms with Crippen LogP contribution in [-0.2, 0) is 0 Å². The molecule has 0 aliphatic carbocycles. The molecule has 1 N–H and O–H groups in total. The first-order valence-electron chi connectivity index (χ1n) is 6.31. The minimum atomic E-state index is 0.308. The molecule has 1 aromatic heterocycles. The largest absolute Gasteiger partial charge is 0.370 e. The third-order valence-electron chi connectivity index (χ3n) is 2.56. The molecule has 1 aromatic rings. The average molecular weight is 247 g/mol. The Morgan fingerprint density at radius 3 is 2.72 bits per heavy atom. The Bertz CT molecular complexity index is 422. The van der Waals surface area contributed by atoms with Gasteiger partial charge in [-0.05, 0) is 27.7 Å². The van der Waals surface area contributed by atoms with E-state index in [2.05, 4.69) is 40.1 Å². The number of nitriles is 1. The van der Waals surface area contributed by atoms with E-state index < -0.39 is 0 Å². The fourth-order valence-electron chi connectivity index (χ4n) is 1.78. The second kappa shape index (κ2) is 6.80. The Morgan fingerprint density at radius 1 is 1.44 bits per heavy atom. The van der Waals surface area contributed by atoms with E-state index in [9.17, 15) is 0 Å². The maximum Gasteiger partial charge on any atom is 0.134 e. The van der Waals surface area contributed by atoms with Crippen LogP contribution in [0.3, 0.4) is 0 Å².